The molecule has 0 atom stereocenters. The molecule has 1 aliphatic rings. The van der Waals surface area contributed by atoms with Crippen LogP contribution in [0.4, 0.5) is 0 Å². The van der Waals surface area contributed by atoms with Crippen LogP contribution in [-0.2, 0) is 21.4 Å². The highest BCUT2D eigenvalue weighted by atomic mass is 32.2. The van der Waals surface area contributed by atoms with E-state index in [1.165, 1.54) is 22.7 Å². The van der Waals surface area contributed by atoms with Crippen molar-refractivity contribution in [2.24, 2.45) is 0 Å². The fourth-order valence-electron chi connectivity index (χ4n) is 3.06. The minimum atomic E-state index is -3.38. The van der Waals surface area contributed by atoms with Gasteiger partial charge in [0.2, 0.25) is 5.91 Å². The molecule has 0 bridgehead atoms. The molecule has 2 rings (SSSR count). The van der Waals surface area contributed by atoms with Crippen LogP contribution >= 0.6 is 0 Å². The van der Waals surface area contributed by atoms with Gasteiger partial charge >= 0.3 is 0 Å². The number of benzene rings is 1. The number of hydrogen-bond acceptors (Lipinski definition) is 5. The fraction of sp³-hybridized carbons (Fsp3) is 0.611. The van der Waals surface area contributed by atoms with Gasteiger partial charge in [-0.1, -0.05) is 6.07 Å². The Bertz CT molecular complexity index is 743. The van der Waals surface area contributed by atoms with Crippen LogP contribution in [0.25, 0.3) is 0 Å². The van der Waals surface area contributed by atoms with Crippen molar-refractivity contribution in [3.8, 4) is 11.5 Å². The summed E-state index contributed by atoms with van der Waals surface area (Å²) in [4.78, 5) is 12.2. The van der Waals surface area contributed by atoms with Crippen molar-refractivity contribution in [1.82, 2.24) is 13.9 Å². The summed E-state index contributed by atoms with van der Waals surface area (Å²) in [5, 5.41) is 3.01. The lowest BCUT2D eigenvalue weighted by Gasteiger charge is -2.33. The van der Waals surface area contributed by atoms with Crippen molar-refractivity contribution in [1.29, 1.82) is 0 Å². The summed E-state index contributed by atoms with van der Waals surface area (Å²) >= 11 is 0. The van der Waals surface area contributed by atoms with E-state index >= 15 is 0 Å². The Hall–Kier alpha value is -1.84. The number of aryl methyl sites for hydroxylation is 1. The highest BCUT2D eigenvalue weighted by Crippen LogP contribution is 2.28. The molecule has 1 aromatic rings. The summed E-state index contributed by atoms with van der Waals surface area (Å²) in [6.45, 7) is 0.836. The number of ether oxygens (including phenoxy) is 2. The number of methoxy groups -OCH3 is 2. The number of hydrogen-bond donors (Lipinski definition) is 1. The predicted molar refractivity (Wildman–Crippen MR) is 103 cm³/mol. The quantitative estimate of drug-likeness (QED) is 0.705. The maximum absolute atomic E-state index is 12.2. The first-order valence-corrected chi connectivity index (χ1v) is 10.4. The van der Waals surface area contributed by atoms with Crippen molar-refractivity contribution in [3.63, 3.8) is 0 Å². The average molecular weight is 400 g/mol. The van der Waals surface area contributed by atoms with E-state index in [0.29, 0.717) is 50.3 Å². The molecule has 9 heteroatoms. The van der Waals surface area contributed by atoms with E-state index < -0.39 is 10.2 Å². The summed E-state index contributed by atoms with van der Waals surface area (Å²) in [5.74, 6) is 1.27. The van der Waals surface area contributed by atoms with Crippen LogP contribution in [0.3, 0.4) is 0 Å². The molecule has 27 heavy (non-hydrogen) atoms. The number of nitrogens with zero attached hydrogens (tertiary/aromatic N) is 2. The zero-order chi connectivity index (χ0) is 20.0. The Balaban J connectivity index is 1.80. The number of nitrogens with one attached hydrogen (secondary N) is 1. The van der Waals surface area contributed by atoms with Crippen molar-refractivity contribution < 1.29 is 22.7 Å². The standard InChI is InChI=1S/C18H29N3O5S/c1-20(2)27(23,24)21-11-9-15(10-12-21)19-18(22)8-6-14-5-7-16(25-3)17(13-14)26-4/h5,7,13,15H,6,8-12H2,1-4H3,(H,19,22). The molecule has 8 nitrogen and oxygen atoms in total. The Morgan fingerprint density at radius 3 is 2.37 bits per heavy atom. The molecule has 0 aliphatic carbocycles. The minimum Gasteiger partial charge on any atom is -0.493 e. The molecule has 1 N–H and O–H groups in total. The first-order chi connectivity index (χ1) is 12.8. The zero-order valence-corrected chi connectivity index (χ0v) is 17.2. The molecule has 152 valence electrons. The number of amides is 1. The van der Waals surface area contributed by atoms with E-state index in [1.54, 1.807) is 14.2 Å². The number of piperidine rings is 1. The van der Waals surface area contributed by atoms with E-state index in [4.69, 9.17) is 9.47 Å². The number of carbonyl (C=O) groups excluding carboxylic acids is 1. The van der Waals surface area contributed by atoms with E-state index in [1.807, 2.05) is 18.2 Å². The van der Waals surface area contributed by atoms with Crippen LogP contribution in [0.2, 0.25) is 0 Å². The fourth-order valence-corrected chi connectivity index (χ4v) is 4.19. The van der Waals surface area contributed by atoms with Crippen molar-refractivity contribution in [3.05, 3.63) is 23.8 Å². The first-order valence-electron chi connectivity index (χ1n) is 8.95. The van der Waals surface area contributed by atoms with Gasteiger partial charge in [0.25, 0.3) is 10.2 Å². The van der Waals surface area contributed by atoms with Gasteiger partial charge in [-0.25, -0.2) is 0 Å². The molecule has 1 heterocycles. The van der Waals surface area contributed by atoms with Gasteiger partial charge in [-0.05, 0) is 37.0 Å². The Labute approximate surface area is 161 Å². The molecular weight excluding hydrogens is 370 g/mol. The van der Waals surface area contributed by atoms with Gasteiger partial charge < -0.3 is 14.8 Å². The van der Waals surface area contributed by atoms with Crippen molar-refractivity contribution in [2.45, 2.75) is 31.7 Å². The summed E-state index contributed by atoms with van der Waals surface area (Å²) < 4.78 is 37.4. The highest BCUT2D eigenvalue weighted by Gasteiger charge is 2.29. The lowest BCUT2D eigenvalue weighted by molar-refractivity contribution is -0.122. The number of rotatable bonds is 8. The summed E-state index contributed by atoms with van der Waals surface area (Å²) in [5.41, 5.74) is 0.995. The third kappa shape index (κ3) is 5.57. The molecule has 0 saturated carbocycles. The predicted octanol–water partition coefficient (Wildman–Crippen LogP) is 1.02. The van der Waals surface area contributed by atoms with E-state index in [9.17, 15) is 13.2 Å². The third-order valence-electron chi connectivity index (χ3n) is 4.70. The van der Waals surface area contributed by atoms with Crippen LogP contribution in [0, 0.1) is 0 Å². The normalized spacial score (nSPS) is 16.3. The third-order valence-corrected chi connectivity index (χ3v) is 6.64. The topological polar surface area (TPSA) is 88.2 Å². The zero-order valence-electron chi connectivity index (χ0n) is 16.4. The SMILES string of the molecule is COc1ccc(CCC(=O)NC2CCN(S(=O)(=O)N(C)C)CC2)cc1OC. The van der Waals surface area contributed by atoms with E-state index in [0.717, 1.165) is 5.56 Å². The minimum absolute atomic E-state index is 0.0107. The van der Waals surface area contributed by atoms with Crippen LogP contribution in [0.5, 0.6) is 11.5 Å². The van der Waals surface area contributed by atoms with Crippen molar-refractivity contribution >= 4 is 16.1 Å². The maximum Gasteiger partial charge on any atom is 0.281 e. The van der Waals surface area contributed by atoms with Gasteiger partial charge in [0.05, 0.1) is 14.2 Å². The monoisotopic (exact) mass is 399 g/mol. The van der Waals surface area contributed by atoms with Crippen LogP contribution in [-0.4, -0.2) is 70.4 Å². The Morgan fingerprint density at radius 2 is 1.81 bits per heavy atom. The second-order valence-electron chi connectivity index (χ2n) is 6.72. The Kier molecular flexibility index (Phi) is 7.46. The molecule has 0 spiro atoms. The molecule has 1 amide bonds. The first kappa shape index (κ1) is 21.5. The van der Waals surface area contributed by atoms with Gasteiger partial charge in [0.1, 0.15) is 0 Å². The van der Waals surface area contributed by atoms with Gasteiger partial charge in [0, 0.05) is 39.6 Å². The highest BCUT2D eigenvalue weighted by molar-refractivity contribution is 7.86. The number of carbonyl (C=O) groups is 1. The molecule has 1 aliphatic heterocycles. The van der Waals surface area contributed by atoms with Crippen LogP contribution < -0.4 is 14.8 Å². The molecule has 1 fully saturated rings. The molecule has 0 aromatic heterocycles. The van der Waals surface area contributed by atoms with Gasteiger partial charge in [-0.2, -0.15) is 17.0 Å². The summed E-state index contributed by atoms with van der Waals surface area (Å²) in [6.07, 6.45) is 2.20. The average Bonchev–Trinajstić information content (AvgIpc) is 2.66. The summed E-state index contributed by atoms with van der Waals surface area (Å²) in [7, 11) is 2.84. The molecular formula is C18H29N3O5S. The largest absolute Gasteiger partial charge is 0.493 e. The molecule has 0 radical (unpaired) electrons. The second kappa shape index (κ2) is 9.38. The van der Waals surface area contributed by atoms with E-state index in [-0.39, 0.29) is 11.9 Å². The summed E-state index contributed by atoms with van der Waals surface area (Å²) in [6, 6.07) is 5.62. The molecule has 1 aromatic carbocycles. The lowest BCUT2D eigenvalue weighted by atomic mass is 10.1. The second-order valence-corrected chi connectivity index (χ2v) is 8.86. The van der Waals surface area contributed by atoms with Crippen molar-refractivity contribution in [2.75, 3.05) is 41.4 Å². The van der Waals surface area contributed by atoms with Gasteiger partial charge in [-0.3, -0.25) is 4.79 Å². The maximum atomic E-state index is 12.2. The Morgan fingerprint density at radius 1 is 1.19 bits per heavy atom. The van der Waals surface area contributed by atoms with Crippen LogP contribution in [0.1, 0.15) is 24.8 Å². The molecule has 1 saturated heterocycles. The van der Waals surface area contributed by atoms with Gasteiger partial charge in [-0.15, -0.1) is 0 Å². The lowest BCUT2D eigenvalue weighted by Crippen LogP contribution is -2.49. The van der Waals surface area contributed by atoms with Crippen LogP contribution in [0.15, 0.2) is 18.2 Å². The molecule has 0 unspecified atom stereocenters. The smallest absolute Gasteiger partial charge is 0.281 e. The van der Waals surface area contributed by atoms with Gasteiger partial charge in [0.15, 0.2) is 11.5 Å². The van der Waals surface area contributed by atoms with E-state index in [2.05, 4.69) is 5.32 Å².